The van der Waals surface area contributed by atoms with E-state index in [9.17, 15) is 8.42 Å². The van der Waals surface area contributed by atoms with Crippen LogP contribution in [0.2, 0.25) is 0 Å². The van der Waals surface area contributed by atoms with Gasteiger partial charge in [-0.3, -0.25) is 0 Å². The number of hydrogen-bond donors (Lipinski definition) is 1. The molecule has 0 aliphatic heterocycles. The summed E-state index contributed by atoms with van der Waals surface area (Å²) in [5.41, 5.74) is 1.10. The molecule has 0 fully saturated rings. The normalized spacial score (nSPS) is 13.9. The monoisotopic (exact) mass is 298 g/mol. The van der Waals surface area contributed by atoms with Crippen molar-refractivity contribution >= 4 is 9.84 Å². The molecule has 0 spiro atoms. The van der Waals surface area contributed by atoms with E-state index in [0.717, 1.165) is 18.7 Å². The van der Waals surface area contributed by atoms with Crippen molar-refractivity contribution in [3.8, 4) is 0 Å². The molecule has 1 unspecified atom stereocenters. The summed E-state index contributed by atoms with van der Waals surface area (Å²) >= 11 is 0. The molecule has 1 aromatic rings. The van der Waals surface area contributed by atoms with Crippen molar-refractivity contribution in [2.24, 2.45) is 0 Å². The van der Waals surface area contributed by atoms with Gasteiger partial charge in [0.2, 0.25) is 0 Å². The number of nitrogens with zero attached hydrogens (tertiary/aromatic N) is 1. The summed E-state index contributed by atoms with van der Waals surface area (Å²) < 4.78 is 22.8. The smallest absolute Gasteiger partial charge is 0.175 e. The Labute approximate surface area is 123 Å². The second-order valence-electron chi connectivity index (χ2n) is 5.59. The van der Waals surface area contributed by atoms with Crippen LogP contribution in [0.15, 0.2) is 29.2 Å². The maximum atomic E-state index is 11.4. The third-order valence-electron chi connectivity index (χ3n) is 3.60. The van der Waals surface area contributed by atoms with E-state index < -0.39 is 9.84 Å². The summed E-state index contributed by atoms with van der Waals surface area (Å²) in [6, 6.07) is 7.84. The third kappa shape index (κ3) is 5.23. The molecule has 0 aromatic heterocycles. The van der Waals surface area contributed by atoms with Crippen LogP contribution in [-0.2, 0) is 9.84 Å². The molecule has 1 aromatic carbocycles. The number of benzene rings is 1. The van der Waals surface area contributed by atoms with Crippen molar-refractivity contribution < 1.29 is 8.42 Å². The molecule has 0 amide bonds. The largest absolute Gasteiger partial charge is 0.309 e. The predicted octanol–water partition coefficient (Wildman–Crippen LogP) is 2.08. The highest BCUT2D eigenvalue weighted by Gasteiger charge is 2.09. The van der Waals surface area contributed by atoms with Crippen molar-refractivity contribution in [2.45, 2.75) is 37.8 Å². The van der Waals surface area contributed by atoms with E-state index in [-0.39, 0.29) is 6.04 Å². The minimum Gasteiger partial charge on any atom is -0.309 e. The zero-order chi connectivity index (χ0) is 15.3. The van der Waals surface area contributed by atoms with E-state index in [2.05, 4.69) is 38.0 Å². The Kier molecular flexibility index (Phi) is 6.17. The van der Waals surface area contributed by atoms with E-state index in [0.29, 0.717) is 10.9 Å². The number of sulfone groups is 1. The summed E-state index contributed by atoms with van der Waals surface area (Å²) in [7, 11) is -1.00. The van der Waals surface area contributed by atoms with Gasteiger partial charge >= 0.3 is 0 Å². The SMILES string of the molecule is CC(NCCN(C)C(C)C)c1ccc(S(C)(=O)=O)cc1. The second-order valence-corrected chi connectivity index (χ2v) is 7.61. The zero-order valence-electron chi connectivity index (χ0n) is 13.1. The number of nitrogens with one attached hydrogen (secondary N) is 1. The van der Waals surface area contributed by atoms with Gasteiger partial charge in [0.05, 0.1) is 4.90 Å². The molecule has 1 N–H and O–H groups in total. The summed E-state index contributed by atoms with van der Waals surface area (Å²) in [5.74, 6) is 0. The van der Waals surface area contributed by atoms with E-state index in [1.807, 2.05) is 12.1 Å². The van der Waals surface area contributed by atoms with Gasteiger partial charge in [0.1, 0.15) is 0 Å². The highest BCUT2D eigenvalue weighted by Crippen LogP contribution is 2.16. The van der Waals surface area contributed by atoms with Crippen molar-refractivity contribution in [2.75, 3.05) is 26.4 Å². The Morgan fingerprint density at radius 3 is 2.15 bits per heavy atom. The lowest BCUT2D eigenvalue weighted by Crippen LogP contribution is -2.34. The molecule has 0 heterocycles. The molecule has 0 aliphatic carbocycles. The fourth-order valence-electron chi connectivity index (χ4n) is 1.84. The average Bonchev–Trinajstić information content (AvgIpc) is 2.37. The van der Waals surface area contributed by atoms with Gasteiger partial charge in [-0.15, -0.1) is 0 Å². The average molecular weight is 298 g/mol. The van der Waals surface area contributed by atoms with Gasteiger partial charge in [-0.05, 0) is 45.5 Å². The van der Waals surface area contributed by atoms with E-state index in [4.69, 9.17) is 0 Å². The van der Waals surface area contributed by atoms with Gasteiger partial charge in [0.15, 0.2) is 9.84 Å². The van der Waals surface area contributed by atoms with Crippen molar-refractivity contribution in [1.82, 2.24) is 10.2 Å². The lowest BCUT2D eigenvalue weighted by molar-refractivity contribution is 0.270. The first-order valence-electron chi connectivity index (χ1n) is 6.95. The lowest BCUT2D eigenvalue weighted by atomic mass is 10.1. The van der Waals surface area contributed by atoms with Crippen molar-refractivity contribution in [3.63, 3.8) is 0 Å². The number of likely N-dealkylation sites (N-methyl/N-ethyl adjacent to an activating group) is 1. The predicted molar refractivity (Wildman–Crippen MR) is 83.7 cm³/mol. The second kappa shape index (κ2) is 7.20. The molecule has 0 saturated heterocycles. The fraction of sp³-hybridized carbons (Fsp3) is 0.600. The Morgan fingerprint density at radius 1 is 1.15 bits per heavy atom. The standard InChI is InChI=1S/C15H26N2O2S/c1-12(2)17(4)11-10-16-13(3)14-6-8-15(9-7-14)20(5,18)19/h6-9,12-13,16H,10-11H2,1-5H3. The van der Waals surface area contributed by atoms with Crippen LogP contribution in [0.1, 0.15) is 32.4 Å². The molecule has 1 atom stereocenters. The number of rotatable bonds is 7. The van der Waals surface area contributed by atoms with Crippen LogP contribution >= 0.6 is 0 Å². The van der Waals surface area contributed by atoms with Crippen LogP contribution < -0.4 is 5.32 Å². The van der Waals surface area contributed by atoms with Crippen LogP contribution in [0.4, 0.5) is 0 Å². The van der Waals surface area contributed by atoms with Gasteiger partial charge < -0.3 is 10.2 Å². The van der Waals surface area contributed by atoms with Gasteiger partial charge in [-0.25, -0.2) is 8.42 Å². The van der Waals surface area contributed by atoms with Crippen LogP contribution in [0.25, 0.3) is 0 Å². The van der Waals surface area contributed by atoms with Gasteiger partial charge in [-0.2, -0.15) is 0 Å². The summed E-state index contributed by atoms with van der Waals surface area (Å²) in [4.78, 5) is 2.65. The van der Waals surface area contributed by atoms with E-state index in [1.54, 1.807) is 12.1 Å². The van der Waals surface area contributed by atoms with E-state index in [1.165, 1.54) is 6.26 Å². The maximum Gasteiger partial charge on any atom is 0.175 e. The Hall–Kier alpha value is -0.910. The van der Waals surface area contributed by atoms with Crippen LogP contribution in [0, 0.1) is 0 Å². The first-order valence-corrected chi connectivity index (χ1v) is 8.84. The fourth-order valence-corrected chi connectivity index (χ4v) is 2.47. The van der Waals surface area contributed by atoms with Crippen molar-refractivity contribution in [3.05, 3.63) is 29.8 Å². The Balaban J connectivity index is 2.54. The highest BCUT2D eigenvalue weighted by atomic mass is 32.2. The minimum atomic E-state index is -3.11. The summed E-state index contributed by atoms with van der Waals surface area (Å²) in [6.07, 6.45) is 1.23. The maximum absolute atomic E-state index is 11.4. The zero-order valence-corrected chi connectivity index (χ0v) is 13.9. The Bertz CT molecular complexity index is 509. The lowest BCUT2D eigenvalue weighted by Gasteiger charge is -2.22. The molecule has 114 valence electrons. The first kappa shape index (κ1) is 17.1. The van der Waals surface area contributed by atoms with Crippen LogP contribution in [0.5, 0.6) is 0 Å². The van der Waals surface area contributed by atoms with E-state index >= 15 is 0 Å². The molecular weight excluding hydrogens is 272 g/mol. The molecule has 0 bridgehead atoms. The molecule has 0 aliphatic rings. The minimum absolute atomic E-state index is 0.212. The topological polar surface area (TPSA) is 49.4 Å². The molecule has 1 rings (SSSR count). The molecule has 0 radical (unpaired) electrons. The van der Waals surface area contributed by atoms with Crippen LogP contribution in [0.3, 0.4) is 0 Å². The van der Waals surface area contributed by atoms with Gasteiger partial charge in [0.25, 0.3) is 0 Å². The first-order chi connectivity index (χ1) is 9.21. The molecule has 0 saturated carbocycles. The quantitative estimate of drug-likeness (QED) is 0.837. The van der Waals surface area contributed by atoms with Crippen molar-refractivity contribution in [1.29, 1.82) is 0 Å². The third-order valence-corrected chi connectivity index (χ3v) is 4.73. The summed E-state index contributed by atoms with van der Waals surface area (Å²) in [5, 5.41) is 3.45. The molecular formula is C15H26N2O2S. The molecule has 4 nitrogen and oxygen atoms in total. The molecule has 5 heteroatoms. The molecule has 20 heavy (non-hydrogen) atoms. The summed E-state index contributed by atoms with van der Waals surface area (Å²) in [6.45, 7) is 8.33. The Morgan fingerprint density at radius 2 is 1.70 bits per heavy atom. The van der Waals surface area contributed by atoms with Gasteiger partial charge in [-0.1, -0.05) is 12.1 Å². The van der Waals surface area contributed by atoms with Gasteiger partial charge in [0, 0.05) is 31.4 Å². The van der Waals surface area contributed by atoms with Crippen LogP contribution in [-0.4, -0.2) is 45.8 Å². The number of hydrogen-bond acceptors (Lipinski definition) is 4. The highest BCUT2D eigenvalue weighted by molar-refractivity contribution is 7.90.